The number of nitrogens with zero attached hydrogens (tertiary/aromatic N) is 3. The van der Waals surface area contributed by atoms with Crippen molar-refractivity contribution in [3.8, 4) is 18.0 Å². The van der Waals surface area contributed by atoms with Crippen LogP contribution in [0.2, 0.25) is 0 Å². The molecule has 4 N–H and O–H groups in total. The molecule has 0 bridgehead atoms. The SMILES string of the molecule is COc1nc(OCc2ccccc2)nc(O[C@@H]2O[C@H](CO)[C@H](O)[C@H](O)[C@H]2O)n1. The maximum atomic E-state index is 10.1. The first-order chi connectivity index (χ1) is 13.5. The van der Waals surface area contributed by atoms with Crippen molar-refractivity contribution in [2.75, 3.05) is 13.7 Å². The van der Waals surface area contributed by atoms with Crippen molar-refractivity contribution < 1.29 is 39.4 Å². The van der Waals surface area contributed by atoms with Gasteiger partial charge in [0.1, 0.15) is 31.0 Å². The summed E-state index contributed by atoms with van der Waals surface area (Å²) in [6, 6.07) is 8.85. The topological polar surface area (TPSA) is 157 Å². The van der Waals surface area contributed by atoms with Crippen molar-refractivity contribution in [2.45, 2.75) is 37.3 Å². The number of methoxy groups -OCH3 is 1. The molecule has 0 unspecified atom stereocenters. The second-order valence-electron chi connectivity index (χ2n) is 5.98. The van der Waals surface area contributed by atoms with Crippen molar-refractivity contribution in [3.63, 3.8) is 0 Å². The van der Waals surface area contributed by atoms with Crippen LogP contribution in [-0.4, -0.2) is 79.8 Å². The zero-order valence-electron chi connectivity index (χ0n) is 15.0. The molecule has 28 heavy (non-hydrogen) atoms. The fourth-order valence-corrected chi connectivity index (χ4v) is 2.52. The van der Waals surface area contributed by atoms with Gasteiger partial charge >= 0.3 is 18.0 Å². The summed E-state index contributed by atoms with van der Waals surface area (Å²) in [6.45, 7) is -0.399. The van der Waals surface area contributed by atoms with E-state index in [1.54, 1.807) is 0 Å². The first kappa shape index (κ1) is 20.2. The lowest BCUT2D eigenvalue weighted by Crippen LogP contribution is -2.60. The van der Waals surface area contributed by atoms with Gasteiger partial charge in [-0.1, -0.05) is 30.3 Å². The van der Waals surface area contributed by atoms with Gasteiger partial charge in [-0.2, -0.15) is 0 Å². The smallest absolute Gasteiger partial charge is 0.328 e. The van der Waals surface area contributed by atoms with Gasteiger partial charge in [-0.05, 0) is 5.56 Å². The first-order valence-corrected chi connectivity index (χ1v) is 8.45. The fraction of sp³-hybridized carbons (Fsp3) is 0.471. The number of hydrogen-bond acceptors (Lipinski definition) is 11. The second kappa shape index (κ2) is 9.08. The Labute approximate surface area is 160 Å². The highest BCUT2D eigenvalue weighted by molar-refractivity contribution is 5.15. The molecule has 1 aromatic heterocycles. The molecule has 3 rings (SSSR count). The number of hydrogen-bond donors (Lipinski definition) is 4. The number of aromatic nitrogens is 3. The van der Waals surface area contributed by atoms with Gasteiger partial charge in [-0.15, -0.1) is 15.0 Å². The summed E-state index contributed by atoms with van der Waals surface area (Å²) in [5.74, 6) is 0. The molecule has 0 saturated carbocycles. The lowest BCUT2D eigenvalue weighted by molar-refractivity contribution is -0.278. The number of benzene rings is 1. The summed E-state index contributed by atoms with van der Waals surface area (Å²) in [6.07, 6.45) is -7.26. The van der Waals surface area contributed by atoms with E-state index in [-0.39, 0.29) is 24.6 Å². The van der Waals surface area contributed by atoms with E-state index in [1.807, 2.05) is 30.3 Å². The first-order valence-electron chi connectivity index (χ1n) is 8.45. The van der Waals surface area contributed by atoms with Crippen LogP contribution in [-0.2, 0) is 11.3 Å². The predicted octanol–water partition coefficient (Wildman–Crippen LogP) is -1.36. The van der Waals surface area contributed by atoms with E-state index in [0.29, 0.717) is 0 Å². The van der Waals surface area contributed by atoms with E-state index < -0.39 is 37.3 Å². The summed E-state index contributed by atoms with van der Waals surface area (Å²) in [5, 5.41) is 38.9. The molecule has 1 fully saturated rings. The second-order valence-corrected chi connectivity index (χ2v) is 5.98. The van der Waals surface area contributed by atoms with Gasteiger partial charge < -0.3 is 39.4 Å². The molecule has 1 aromatic carbocycles. The molecule has 11 heteroatoms. The predicted molar refractivity (Wildman–Crippen MR) is 91.5 cm³/mol. The van der Waals surface area contributed by atoms with Gasteiger partial charge in [0, 0.05) is 0 Å². The molecule has 1 saturated heterocycles. The third-order valence-corrected chi connectivity index (χ3v) is 4.04. The number of rotatable bonds is 7. The minimum Gasteiger partial charge on any atom is -0.467 e. The van der Waals surface area contributed by atoms with Crippen LogP contribution in [0.15, 0.2) is 30.3 Å². The molecule has 152 valence electrons. The molecule has 0 aliphatic carbocycles. The standard InChI is InChI=1S/C17H21N3O8/c1-25-15-18-16(26-8-9-5-3-2-4-6-9)20-17(19-15)28-14-13(24)12(23)11(22)10(7-21)27-14/h2-6,10-14,21-24H,7-8H2,1H3/t10-,11+,12+,13-,14+/m1/s1. The van der Waals surface area contributed by atoms with Crippen LogP contribution >= 0.6 is 0 Å². The molecular weight excluding hydrogens is 374 g/mol. The Morgan fingerprint density at radius 3 is 2.29 bits per heavy atom. The zero-order chi connectivity index (χ0) is 20.1. The molecule has 0 spiro atoms. The summed E-state index contributed by atoms with van der Waals surface area (Å²) in [5.41, 5.74) is 0.887. The van der Waals surface area contributed by atoms with E-state index in [9.17, 15) is 20.4 Å². The number of aliphatic hydroxyl groups is 4. The normalized spacial score (nSPS) is 27.2. The zero-order valence-corrected chi connectivity index (χ0v) is 15.0. The van der Waals surface area contributed by atoms with Gasteiger partial charge in [0.25, 0.3) is 0 Å². The summed E-state index contributed by atoms with van der Waals surface area (Å²) >= 11 is 0. The Balaban J connectivity index is 1.74. The molecule has 2 heterocycles. The third kappa shape index (κ3) is 4.64. The Morgan fingerprint density at radius 2 is 1.61 bits per heavy atom. The van der Waals surface area contributed by atoms with Crippen LogP contribution in [0.25, 0.3) is 0 Å². The minimum atomic E-state index is -1.60. The highest BCUT2D eigenvalue weighted by Crippen LogP contribution is 2.24. The average molecular weight is 395 g/mol. The molecular formula is C17H21N3O8. The molecule has 0 radical (unpaired) electrons. The maximum Gasteiger partial charge on any atom is 0.328 e. The molecule has 1 aliphatic heterocycles. The molecule has 11 nitrogen and oxygen atoms in total. The van der Waals surface area contributed by atoms with E-state index in [4.69, 9.17) is 18.9 Å². The lowest BCUT2D eigenvalue weighted by atomic mass is 9.99. The largest absolute Gasteiger partial charge is 0.467 e. The Morgan fingerprint density at radius 1 is 0.929 bits per heavy atom. The van der Waals surface area contributed by atoms with Gasteiger partial charge in [0.15, 0.2) is 0 Å². The average Bonchev–Trinajstić information content (AvgIpc) is 2.73. The van der Waals surface area contributed by atoms with Gasteiger partial charge in [0.2, 0.25) is 6.29 Å². The monoisotopic (exact) mass is 395 g/mol. The van der Waals surface area contributed by atoms with E-state index in [0.717, 1.165) is 5.56 Å². The van der Waals surface area contributed by atoms with E-state index in [1.165, 1.54) is 7.11 Å². The van der Waals surface area contributed by atoms with Gasteiger partial charge in [-0.25, -0.2) is 0 Å². The lowest BCUT2D eigenvalue weighted by Gasteiger charge is -2.39. The molecule has 0 amide bonds. The van der Waals surface area contributed by atoms with Gasteiger partial charge in [-0.3, -0.25) is 0 Å². The third-order valence-electron chi connectivity index (χ3n) is 4.04. The van der Waals surface area contributed by atoms with Crippen LogP contribution in [0.5, 0.6) is 18.0 Å². The van der Waals surface area contributed by atoms with Crippen molar-refractivity contribution in [1.82, 2.24) is 15.0 Å². The molecule has 2 aromatic rings. The van der Waals surface area contributed by atoms with Gasteiger partial charge in [0.05, 0.1) is 13.7 Å². The molecule has 5 atom stereocenters. The summed E-state index contributed by atoms with van der Waals surface area (Å²) < 4.78 is 21.1. The number of aliphatic hydroxyl groups excluding tert-OH is 4. The van der Waals surface area contributed by atoms with Crippen molar-refractivity contribution >= 4 is 0 Å². The number of ether oxygens (including phenoxy) is 4. The Hall–Kier alpha value is -2.57. The van der Waals surface area contributed by atoms with E-state index >= 15 is 0 Å². The fourth-order valence-electron chi connectivity index (χ4n) is 2.52. The maximum absolute atomic E-state index is 10.1. The van der Waals surface area contributed by atoms with Crippen molar-refractivity contribution in [3.05, 3.63) is 35.9 Å². The Kier molecular flexibility index (Phi) is 6.54. The van der Waals surface area contributed by atoms with Crippen molar-refractivity contribution in [2.24, 2.45) is 0 Å². The van der Waals surface area contributed by atoms with Crippen LogP contribution in [0, 0.1) is 0 Å². The minimum absolute atomic E-state index is 0.0877. The van der Waals surface area contributed by atoms with Crippen LogP contribution < -0.4 is 14.2 Å². The highest BCUT2D eigenvalue weighted by Gasteiger charge is 2.45. The summed E-state index contributed by atoms with van der Waals surface area (Å²) in [7, 11) is 1.34. The van der Waals surface area contributed by atoms with Crippen LogP contribution in [0.4, 0.5) is 0 Å². The molecule has 1 aliphatic rings. The van der Waals surface area contributed by atoms with Crippen molar-refractivity contribution in [1.29, 1.82) is 0 Å². The van der Waals surface area contributed by atoms with Crippen LogP contribution in [0.3, 0.4) is 0 Å². The summed E-state index contributed by atoms with van der Waals surface area (Å²) in [4.78, 5) is 11.8. The van der Waals surface area contributed by atoms with E-state index in [2.05, 4.69) is 15.0 Å². The van der Waals surface area contributed by atoms with Crippen LogP contribution in [0.1, 0.15) is 5.56 Å². The quantitative estimate of drug-likeness (QED) is 0.439. The highest BCUT2D eigenvalue weighted by atomic mass is 16.7. The Bertz CT molecular complexity index is 763.